The molecule has 0 N–H and O–H groups in total. The van der Waals surface area contributed by atoms with Crippen molar-refractivity contribution in [3.63, 3.8) is 0 Å². The van der Waals surface area contributed by atoms with Crippen LogP contribution in [0.2, 0.25) is 0 Å². The van der Waals surface area contributed by atoms with Crippen molar-refractivity contribution in [2.75, 3.05) is 0 Å². The van der Waals surface area contributed by atoms with Gasteiger partial charge in [0.2, 0.25) is 0 Å². The van der Waals surface area contributed by atoms with Crippen molar-refractivity contribution in [2.45, 2.75) is 26.9 Å². The van der Waals surface area contributed by atoms with Gasteiger partial charge in [-0.05, 0) is 43.6 Å². The molecule has 0 spiro atoms. The van der Waals surface area contributed by atoms with Crippen LogP contribution in [0.3, 0.4) is 0 Å². The second-order valence-electron chi connectivity index (χ2n) is 3.53. The number of halogens is 3. The van der Waals surface area contributed by atoms with Gasteiger partial charge in [-0.1, -0.05) is 31.4 Å². The van der Waals surface area contributed by atoms with Gasteiger partial charge in [0.1, 0.15) is 0 Å². The van der Waals surface area contributed by atoms with E-state index >= 15 is 0 Å². The minimum absolute atomic E-state index is 0.00337. The molecule has 0 aliphatic carbocycles. The average molecular weight is 242 g/mol. The Hall–Kier alpha value is -1.51. The highest BCUT2D eigenvalue weighted by molar-refractivity contribution is 5.50. The molecule has 0 radical (unpaired) electrons. The van der Waals surface area contributed by atoms with Crippen LogP contribution >= 0.6 is 0 Å². The molecule has 0 unspecified atom stereocenters. The fraction of sp³-hybridized carbons (Fsp3) is 0.286. The summed E-state index contributed by atoms with van der Waals surface area (Å²) in [5, 5.41) is 0. The Morgan fingerprint density at radius 3 is 1.76 bits per heavy atom. The maximum atomic E-state index is 12.7. The molecule has 0 rings (SSSR count). The summed E-state index contributed by atoms with van der Waals surface area (Å²) in [6, 6.07) is 0. The average Bonchev–Trinajstić information content (AvgIpc) is 2.21. The van der Waals surface area contributed by atoms with E-state index in [1.807, 2.05) is 0 Å². The lowest BCUT2D eigenvalue weighted by Crippen LogP contribution is -2.13. The molecule has 0 nitrogen and oxygen atoms in total. The van der Waals surface area contributed by atoms with Crippen LogP contribution in [0.25, 0.3) is 0 Å². The maximum Gasteiger partial charge on any atom is 0.416 e. The Balaban J connectivity index is 5.62. The first-order valence-corrected chi connectivity index (χ1v) is 5.18. The van der Waals surface area contributed by atoms with Crippen molar-refractivity contribution >= 4 is 0 Å². The lowest BCUT2D eigenvalue weighted by atomic mass is 9.99. The van der Waals surface area contributed by atoms with Crippen molar-refractivity contribution in [1.82, 2.24) is 0 Å². The van der Waals surface area contributed by atoms with Gasteiger partial charge in [-0.15, -0.1) is 0 Å². The predicted molar refractivity (Wildman–Crippen MR) is 66.7 cm³/mol. The zero-order chi connectivity index (χ0) is 13.6. The Labute approximate surface area is 101 Å². The summed E-state index contributed by atoms with van der Waals surface area (Å²) >= 11 is 0. The molecule has 0 atom stereocenters. The first kappa shape index (κ1) is 15.5. The molecular weight excluding hydrogens is 225 g/mol. The molecule has 17 heavy (non-hydrogen) atoms. The normalized spacial score (nSPS) is 14.8. The SMILES string of the molecule is C=C/C(=C\C)C(=CC)/C=C(\C(=C)C)C(F)(F)F. The van der Waals surface area contributed by atoms with Crippen LogP contribution in [0.15, 0.2) is 59.8 Å². The standard InChI is InChI=1S/C14H17F3/c1-6-11(7-2)12(8-3)9-13(10(4)5)14(15,16)17/h6-9H,1,4H2,2-3,5H3/b11-7+,12-8?,13-9+. The van der Waals surface area contributed by atoms with Gasteiger partial charge in [-0.3, -0.25) is 0 Å². The summed E-state index contributed by atoms with van der Waals surface area (Å²) in [5.74, 6) is 0. The van der Waals surface area contributed by atoms with Crippen LogP contribution in [-0.2, 0) is 0 Å². The van der Waals surface area contributed by atoms with Crippen molar-refractivity contribution < 1.29 is 13.2 Å². The second kappa shape index (κ2) is 6.28. The minimum Gasteiger partial charge on any atom is -0.166 e. The van der Waals surface area contributed by atoms with Gasteiger partial charge in [0.25, 0.3) is 0 Å². The summed E-state index contributed by atoms with van der Waals surface area (Å²) in [7, 11) is 0. The largest absolute Gasteiger partial charge is 0.416 e. The molecule has 0 aliphatic heterocycles. The molecule has 0 saturated carbocycles. The molecule has 0 saturated heterocycles. The Kier molecular flexibility index (Phi) is 5.72. The molecule has 0 aromatic rings. The number of allylic oxidation sites excluding steroid dienone is 8. The maximum absolute atomic E-state index is 12.7. The zero-order valence-electron chi connectivity index (χ0n) is 10.4. The Morgan fingerprint density at radius 1 is 1.06 bits per heavy atom. The van der Waals surface area contributed by atoms with Gasteiger partial charge in [-0.25, -0.2) is 0 Å². The second-order valence-corrected chi connectivity index (χ2v) is 3.53. The number of hydrogen-bond donors (Lipinski definition) is 0. The van der Waals surface area contributed by atoms with Crippen molar-refractivity contribution in [3.05, 3.63) is 59.8 Å². The number of hydrogen-bond acceptors (Lipinski definition) is 0. The highest BCUT2D eigenvalue weighted by Gasteiger charge is 2.34. The van der Waals surface area contributed by atoms with Gasteiger partial charge in [0.15, 0.2) is 0 Å². The zero-order valence-corrected chi connectivity index (χ0v) is 10.4. The van der Waals surface area contributed by atoms with E-state index in [2.05, 4.69) is 13.2 Å². The predicted octanol–water partition coefficient (Wildman–Crippen LogP) is 5.13. The molecule has 94 valence electrons. The van der Waals surface area contributed by atoms with Crippen molar-refractivity contribution in [3.8, 4) is 0 Å². The van der Waals surface area contributed by atoms with Crippen LogP contribution in [0.1, 0.15) is 20.8 Å². The summed E-state index contributed by atoms with van der Waals surface area (Å²) < 4.78 is 38.2. The van der Waals surface area contributed by atoms with Crippen LogP contribution < -0.4 is 0 Å². The smallest absolute Gasteiger partial charge is 0.166 e. The minimum atomic E-state index is -4.39. The van der Waals surface area contributed by atoms with E-state index in [-0.39, 0.29) is 5.57 Å². The van der Waals surface area contributed by atoms with Gasteiger partial charge in [0.05, 0.1) is 5.57 Å². The quantitative estimate of drug-likeness (QED) is 0.599. The number of alkyl halides is 3. The molecule has 0 amide bonds. The highest BCUT2D eigenvalue weighted by atomic mass is 19.4. The lowest BCUT2D eigenvalue weighted by Gasteiger charge is -2.13. The van der Waals surface area contributed by atoms with Crippen LogP contribution in [-0.4, -0.2) is 6.18 Å². The molecule has 0 heterocycles. The van der Waals surface area contributed by atoms with Crippen LogP contribution in [0, 0.1) is 0 Å². The third-order valence-corrected chi connectivity index (χ3v) is 2.24. The fourth-order valence-electron chi connectivity index (χ4n) is 1.34. The summed E-state index contributed by atoms with van der Waals surface area (Å²) in [5.41, 5.74) is 0.427. The van der Waals surface area contributed by atoms with E-state index in [0.29, 0.717) is 11.1 Å². The molecule has 0 aromatic carbocycles. The van der Waals surface area contributed by atoms with E-state index < -0.39 is 11.7 Å². The van der Waals surface area contributed by atoms with E-state index in [4.69, 9.17) is 0 Å². The van der Waals surface area contributed by atoms with Crippen LogP contribution in [0.5, 0.6) is 0 Å². The molecule has 3 heteroatoms. The number of rotatable bonds is 4. The first-order chi connectivity index (χ1) is 7.77. The van der Waals surface area contributed by atoms with Crippen molar-refractivity contribution in [2.24, 2.45) is 0 Å². The Morgan fingerprint density at radius 2 is 1.53 bits per heavy atom. The molecule has 0 fully saturated rings. The van der Waals surface area contributed by atoms with Gasteiger partial charge < -0.3 is 0 Å². The van der Waals surface area contributed by atoms with E-state index in [1.165, 1.54) is 13.0 Å². The van der Waals surface area contributed by atoms with Crippen LogP contribution in [0.4, 0.5) is 13.2 Å². The summed E-state index contributed by atoms with van der Waals surface area (Å²) in [6.45, 7) is 11.7. The topological polar surface area (TPSA) is 0 Å². The lowest BCUT2D eigenvalue weighted by molar-refractivity contribution is -0.0892. The van der Waals surface area contributed by atoms with Gasteiger partial charge >= 0.3 is 6.18 Å². The summed E-state index contributed by atoms with van der Waals surface area (Å²) in [6.07, 6.45) is 1.56. The first-order valence-electron chi connectivity index (χ1n) is 5.18. The molecule has 0 bridgehead atoms. The van der Waals surface area contributed by atoms with E-state index in [9.17, 15) is 13.2 Å². The van der Waals surface area contributed by atoms with Gasteiger partial charge in [-0.2, -0.15) is 13.2 Å². The third kappa shape index (κ3) is 4.47. The monoisotopic (exact) mass is 242 g/mol. The highest BCUT2D eigenvalue weighted by Crippen LogP contribution is 2.32. The third-order valence-electron chi connectivity index (χ3n) is 2.24. The summed E-state index contributed by atoms with van der Waals surface area (Å²) in [4.78, 5) is 0. The van der Waals surface area contributed by atoms with Crippen molar-refractivity contribution in [1.29, 1.82) is 0 Å². The molecular formula is C14H17F3. The van der Waals surface area contributed by atoms with E-state index in [0.717, 1.165) is 6.08 Å². The van der Waals surface area contributed by atoms with E-state index in [1.54, 1.807) is 26.0 Å². The Bertz CT molecular complexity index is 390. The van der Waals surface area contributed by atoms with Gasteiger partial charge in [0, 0.05) is 0 Å². The molecule has 0 aliphatic rings. The molecule has 0 aromatic heterocycles. The fourth-order valence-corrected chi connectivity index (χ4v) is 1.34.